The summed E-state index contributed by atoms with van der Waals surface area (Å²) in [6.07, 6.45) is 1.16. The maximum Gasteiger partial charge on any atom is 0.320 e. The fourth-order valence-corrected chi connectivity index (χ4v) is 1.98. The summed E-state index contributed by atoms with van der Waals surface area (Å²) < 4.78 is 0. The number of carboxylic acids is 1. The normalized spacial score (nSPS) is 23.7. The number of hydrogen-bond donors (Lipinski definition) is 1. The van der Waals surface area contributed by atoms with Crippen LogP contribution in [0.25, 0.3) is 0 Å². The predicted molar refractivity (Wildman–Crippen MR) is 60.0 cm³/mol. The first-order chi connectivity index (χ1) is 7.06. The van der Waals surface area contributed by atoms with Crippen molar-refractivity contribution in [2.75, 3.05) is 26.2 Å². The highest BCUT2D eigenvalue weighted by molar-refractivity contribution is 5.72. The van der Waals surface area contributed by atoms with Crippen LogP contribution < -0.4 is 0 Å². The molecule has 0 aromatic rings. The highest BCUT2D eigenvalue weighted by Crippen LogP contribution is 2.10. The Morgan fingerprint density at radius 1 is 1.20 bits per heavy atom. The molecule has 0 aromatic heterocycles. The molecule has 1 aliphatic heterocycles. The van der Waals surface area contributed by atoms with Crippen LogP contribution in [0.2, 0.25) is 0 Å². The number of aliphatic carboxylic acids is 1. The number of rotatable bonds is 4. The Hall–Kier alpha value is -0.610. The lowest BCUT2D eigenvalue weighted by Crippen LogP contribution is -2.53. The Bertz CT molecular complexity index is 213. The third-order valence-electron chi connectivity index (χ3n) is 3.47. The van der Waals surface area contributed by atoms with Crippen LogP contribution in [0.5, 0.6) is 0 Å². The maximum absolute atomic E-state index is 10.8. The Morgan fingerprint density at radius 2 is 1.67 bits per heavy atom. The lowest BCUT2D eigenvalue weighted by molar-refractivity contribution is -0.143. The predicted octanol–water partition coefficient (Wildman–Crippen LogP) is 0.876. The average Bonchev–Trinajstić information content (AvgIpc) is 2.27. The van der Waals surface area contributed by atoms with Gasteiger partial charge in [-0.2, -0.15) is 0 Å². The zero-order chi connectivity index (χ0) is 11.4. The van der Waals surface area contributed by atoms with Gasteiger partial charge in [0.1, 0.15) is 6.04 Å². The van der Waals surface area contributed by atoms with Crippen molar-refractivity contribution < 1.29 is 9.90 Å². The number of nitrogens with zero attached hydrogens (tertiary/aromatic N) is 2. The van der Waals surface area contributed by atoms with Gasteiger partial charge in [0.05, 0.1) is 0 Å². The molecule has 0 aliphatic carbocycles. The fourth-order valence-electron chi connectivity index (χ4n) is 1.98. The molecule has 0 amide bonds. The van der Waals surface area contributed by atoms with Crippen LogP contribution in [0.4, 0.5) is 0 Å². The molecule has 0 saturated carbocycles. The molecule has 0 radical (unpaired) electrons. The summed E-state index contributed by atoms with van der Waals surface area (Å²) in [6.45, 7) is 9.92. The highest BCUT2D eigenvalue weighted by Gasteiger charge is 2.26. The third kappa shape index (κ3) is 3.18. The van der Waals surface area contributed by atoms with Crippen molar-refractivity contribution in [1.29, 1.82) is 0 Å². The zero-order valence-corrected chi connectivity index (χ0v) is 9.94. The van der Waals surface area contributed by atoms with Gasteiger partial charge in [-0.25, -0.2) is 0 Å². The lowest BCUT2D eigenvalue weighted by Gasteiger charge is -2.39. The molecule has 1 fully saturated rings. The third-order valence-corrected chi connectivity index (χ3v) is 3.47. The molecular formula is C11H22N2O2. The van der Waals surface area contributed by atoms with E-state index >= 15 is 0 Å². The molecule has 1 heterocycles. The van der Waals surface area contributed by atoms with E-state index in [-0.39, 0.29) is 6.04 Å². The van der Waals surface area contributed by atoms with Gasteiger partial charge in [-0.15, -0.1) is 0 Å². The van der Waals surface area contributed by atoms with Crippen molar-refractivity contribution in [3.05, 3.63) is 0 Å². The SMILES string of the molecule is CCC(C)N1CCN(C(C)C(=O)O)CC1. The summed E-state index contributed by atoms with van der Waals surface area (Å²) in [5.74, 6) is -0.716. The second-order valence-electron chi connectivity index (χ2n) is 4.34. The summed E-state index contributed by atoms with van der Waals surface area (Å²) >= 11 is 0. The molecule has 2 atom stereocenters. The van der Waals surface area contributed by atoms with Crippen molar-refractivity contribution in [3.63, 3.8) is 0 Å². The molecule has 1 rings (SSSR count). The van der Waals surface area contributed by atoms with Crippen molar-refractivity contribution >= 4 is 5.97 Å². The molecular weight excluding hydrogens is 192 g/mol. The van der Waals surface area contributed by atoms with Gasteiger partial charge >= 0.3 is 5.97 Å². The minimum Gasteiger partial charge on any atom is -0.480 e. The van der Waals surface area contributed by atoms with E-state index in [1.807, 2.05) is 4.90 Å². The van der Waals surface area contributed by atoms with E-state index in [2.05, 4.69) is 18.7 Å². The quantitative estimate of drug-likeness (QED) is 0.754. The van der Waals surface area contributed by atoms with Gasteiger partial charge in [0, 0.05) is 32.2 Å². The van der Waals surface area contributed by atoms with Gasteiger partial charge in [0.2, 0.25) is 0 Å². The van der Waals surface area contributed by atoms with Gasteiger partial charge in [-0.3, -0.25) is 14.6 Å². The zero-order valence-electron chi connectivity index (χ0n) is 9.94. The van der Waals surface area contributed by atoms with Crippen LogP contribution in [0, 0.1) is 0 Å². The number of hydrogen-bond acceptors (Lipinski definition) is 3. The van der Waals surface area contributed by atoms with Crippen LogP contribution in [0.3, 0.4) is 0 Å². The lowest BCUT2D eigenvalue weighted by atomic mass is 10.1. The average molecular weight is 214 g/mol. The Labute approximate surface area is 91.9 Å². The second kappa shape index (κ2) is 5.47. The molecule has 4 nitrogen and oxygen atoms in total. The van der Waals surface area contributed by atoms with E-state index in [0.717, 1.165) is 32.6 Å². The molecule has 1 saturated heterocycles. The molecule has 0 spiro atoms. The van der Waals surface area contributed by atoms with E-state index in [0.29, 0.717) is 6.04 Å². The van der Waals surface area contributed by atoms with E-state index < -0.39 is 5.97 Å². The molecule has 1 N–H and O–H groups in total. The number of piperazine rings is 1. The van der Waals surface area contributed by atoms with Crippen molar-refractivity contribution in [1.82, 2.24) is 9.80 Å². The topological polar surface area (TPSA) is 43.8 Å². The largest absolute Gasteiger partial charge is 0.480 e. The van der Waals surface area contributed by atoms with Gasteiger partial charge in [-0.05, 0) is 20.3 Å². The summed E-state index contributed by atoms with van der Waals surface area (Å²) in [5.41, 5.74) is 0. The van der Waals surface area contributed by atoms with Crippen LogP contribution in [0.15, 0.2) is 0 Å². The minimum absolute atomic E-state index is 0.343. The maximum atomic E-state index is 10.8. The first-order valence-electron chi connectivity index (χ1n) is 5.77. The number of carboxylic acid groups (broad SMARTS) is 1. The van der Waals surface area contributed by atoms with Crippen LogP contribution in [-0.4, -0.2) is 59.1 Å². The van der Waals surface area contributed by atoms with Crippen molar-refractivity contribution in [3.8, 4) is 0 Å². The van der Waals surface area contributed by atoms with E-state index in [9.17, 15) is 4.79 Å². The summed E-state index contributed by atoms with van der Waals surface area (Å²) in [7, 11) is 0. The molecule has 1 aliphatic rings. The van der Waals surface area contributed by atoms with E-state index in [4.69, 9.17) is 5.11 Å². The van der Waals surface area contributed by atoms with Gasteiger partial charge < -0.3 is 5.11 Å². The van der Waals surface area contributed by atoms with Crippen LogP contribution >= 0.6 is 0 Å². The van der Waals surface area contributed by atoms with Crippen LogP contribution in [0.1, 0.15) is 27.2 Å². The van der Waals surface area contributed by atoms with Crippen molar-refractivity contribution in [2.45, 2.75) is 39.3 Å². The summed E-state index contributed by atoms with van der Waals surface area (Å²) in [4.78, 5) is 15.3. The molecule has 2 unspecified atom stereocenters. The van der Waals surface area contributed by atoms with Crippen LogP contribution in [-0.2, 0) is 4.79 Å². The van der Waals surface area contributed by atoms with Gasteiger partial charge in [0.15, 0.2) is 0 Å². The molecule has 0 aromatic carbocycles. The van der Waals surface area contributed by atoms with E-state index in [1.54, 1.807) is 6.92 Å². The highest BCUT2D eigenvalue weighted by atomic mass is 16.4. The molecule has 4 heteroatoms. The Balaban J connectivity index is 2.38. The monoisotopic (exact) mass is 214 g/mol. The smallest absolute Gasteiger partial charge is 0.320 e. The van der Waals surface area contributed by atoms with Crippen molar-refractivity contribution in [2.24, 2.45) is 0 Å². The number of carbonyl (C=O) groups is 1. The Kier molecular flexibility index (Phi) is 4.54. The molecule has 88 valence electrons. The second-order valence-corrected chi connectivity index (χ2v) is 4.34. The fraction of sp³-hybridized carbons (Fsp3) is 0.909. The molecule has 0 bridgehead atoms. The van der Waals surface area contributed by atoms with E-state index in [1.165, 1.54) is 0 Å². The summed E-state index contributed by atoms with van der Waals surface area (Å²) in [5, 5.41) is 8.90. The standard InChI is InChI=1S/C11H22N2O2/c1-4-9(2)12-5-7-13(8-6-12)10(3)11(14)15/h9-10H,4-8H2,1-3H3,(H,14,15). The first kappa shape index (κ1) is 12.5. The minimum atomic E-state index is -0.716. The van der Waals surface area contributed by atoms with Gasteiger partial charge in [0.25, 0.3) is 0 Å². The first-order valence-corrected chi connectivity index (χ1v) is 5.77. The molecule has 15 heavy (non-hydrogen) atoms. The summed E-state index contributed by atoms with van der Waals surface area (Å²) in [6, 6.07) is 0.274. The van der Waals surface area contributed by atoms with Gasteiger partial charge in [-0.1, -0.05) is 6.92 Å². The Morgan fingerprint density at radius 3 is 2.07 bits per heavy atom.